The van der Waals surface area contributed by atoms with Gasteiger partial charge in [0.15, 0.2) is 0 Å². The lowest BCUT2D eigenvalue weighted by Gasteiger charge is -2.26. The molecule has 1 aliphatic carbocycles. The van der Waals surface area contributed by atoms with Crippen molar-refractivity contribution in [3.8, 4) is 0 Å². The molecule has 1 saturated heterocycles. The maximum absolute atomic E-state index is 12.8. The molecule has 0 saturated carbocycles. The van der Waals surface area contributed by atoms with Gasteiger partial charge in [-0.3, -0.25) is 4.79 Å². The van der Waals surface area contributed by atoms with Gasteiger partial charge in [0.05, 0.1) is 19.0 Å². The molecule has 2 aromatic rings. The number of carbonyl (C=O) groups excluding carboxylic acids is 1. The summed E-state index contributed by atoms with van der Waals surface area (Å²) in [6, 6.07) is 15.8. The molecule has 6 nitrogen and oxygen atoms in total. The Hall–Kier alpha value is -2.22. The minimum atomic E-state index is -3.41. The summed E-state index contributed by atoms with van der Waals surface area (Å²) in [5.41, 5.74) is 4.20. The van der Waals surface area contributed by atoms with Gasteiger partial charge in [-0.05, 0) is 41.0 Å². The minimum absolute atomic E-state index is 0.00235. The quantitative estimate of drug-likeness (QED) is 0.736. The number of hydrogen-bond acceptors (Lipinski definition) is 4. The van der Waals surface area contributed by atoms with Crippen molar-refractivity contribution < 1.29 is 17.9 Å². The van der Waals surface area contributed by atoms with Gasteiger partial charge in [0.2, 0.25) is 15.9 Å². The van der Waals surface area contributed by atoms with Crippen molar-refractivity contribution in [2.75, 3.05) is 26.3 Å². The first-order valence-electron chi connectivity index (χ1n) is 10.5. The van der Waals surface area contributed by atoms with Crippen LogP contribution in [-0.2, 0) is 38.3 Å². The van der Waals surface area contributed by atoms with E-state index in [0.29, 0.717) is 39.3 Å². The van der Waals surface area contributed by atoms with Gasteiger partial charge in [0.25, 0.3) is 0 Å². The Balaban J connectivity index is 1.37. The van der Waals surface area contributed by atoms with Crippen molar-refractivity contribution in [1.29, 1.82) is 0 Å². The molecule has 30 heavy (non-hydrogen) atoms. The van der Waals surface area contributed by atoms with E-state index >= 15 is 0 Å². The van der Waals surface area contributed by atoms with E-state index in [9.17, 15) is 13.2 Å². The highest BCUT2D eigenvalue weighted by atomic mass is 32.2. The Morgan fingerprint density at radius 1 is 1.03 bits per heavy atom. The summed E-state index contributed by atoms with van der Waals surface area (Å²) in [7, 11) is -3.41. The number of morpholine rings is 1. The largest absolute Gasteiger partial charge is 0.379 e. The van der Waals surface area contributed by atoms with Gasteiger partial charge in [0, 0.05) is 26.1 Å². The molecule has 1 amide bonds. The average Bonchev–Trinajstić information content (AvgIpc) is 3.16. The average molecular weight is 429 g/mol. The summed E-state index contributed by atoms with van der Waals surface area (Å²) in [6.07, 6.45) is 2.49. The van der Waals surface area contributed by atoms with Crippen LogP contribution in [0.5, 0.6) is 0 Å². The van der Waals surface area contributed by atoms with E-state index in [1.807, 2.05) is 36.4 Å². The molecule has 0 aromatic heterocycles. The Morgan fingerprint density at radius 2 is 1.73 bits per heavy atom. The van der Waals surface area contributed by atoms with E-state index in [1.54, 1.807) is 0 Å². The van der Waals surface area contributed by atoms with Crippen molar-refractivity contribution in [1.82, 2.24) is 9.62 Å². The second-order valence-corrected chi connectivity index (χ2v) is 9.92. The van der Waals surface area contributed by atoms with Crippen molar-refractivity contribution >= 4 is 15.9 Å². The molecule has 2 aliphatic rings. The fourth-order valence-corrected chi connectivity index (χ4v) is 5.89. The van der Waals surface area contributed by atoms with Gasteiger partial charge >= 0.3 is 0 Å². The topological polar surface area (TPSA) is 75.7 Å². The van der Waals surface area contributed by atoms with E-state index in [2.05, 4.69) is 17.4 Å². The number of aryl methyl sites for hydroxylation is 1. The number of benzene rings is 2. The van der Waals surface area contributed by atoms with Gasteiger partial charge in [-0.1, -0.05) is 48.5 Å². The summed E-state index contributed by atoms with van der Waals surface area (Å²) < 4.78 is 32.3. The van der Waals surface area contributed by atoms with E-state index < -0.39 is 10.0 Å². The number of rotatable bonds is 7. The summed E-state index contributed by atoms with van der Waals surface area (Å²) in [5, 5.41) is 2.99. The zero-order valence-electron chi connectivity index (χ0n) is 17.0. The molecule has 1 heterocycles. The molecule has 1 fully saturated rings. The van der Waals surface area contributed by atoms with Crippen LogP contribution < -0.4 is 5.32 Å². The van der Waals surface area contributed by atoms with Gasteiger partial charge in [0.1, 0.15) is 0 Å². The Kier molecular flexibility index (Phi) is 6.51. The summed E-state index contributed by atoms with van der Waals surface area (Å²) in [4.78, 5) is 12.6. The molecule has 4 rings (SSSR count). The Bertz CT molecular complexity index is 1000. The van der Waals surface area contributed by atoms with Gasteiger partial charge in [-0.15, -0.1) is 0 Å². The van der Waals surface area contributed by atoms with Crippen LogP contribution in [0.25, 0.3) is 0 Å². The third-order valence-electron chi connectivity index (χ3n) is 5.98. The smallest absolute Gasteiger partial charge is 0.220 e. The van der Waals surface area contributed by atoms with Crippen molar-refractivity contribution in [2.45, 2.75) is 37.5 Å². The number of hydrogen-bond donors (Lipinski definition) is 1. The summed E-state index contributed by atoms with van der Waals surface area (Å²) in [5.74, 6) is 0.204. The number of fused-ring (bicyclic) bond motifs is 1. The molecule has 0 spiro atoms. The van der Waals surface area contributed by atoms with E-state index in [4.69, 9.17) is 4.74 Å². The minimum Gasteiger partial charge on any atom is -0.379 e. The highest BCUT2D eigenvalue weighted by Gasteiger charge is 2.26. The monoisotopic (exact) mass is 428 g/mol. The predicted molar refractivity (Wildman–Crippen MR) is 115 cm³/mol. The number of carbonyl (C=O) groups is 1. The van der Waals surface area contributed by atoms with Crippen LogP contribution in [0.2, 0.25) is 0 Å². The summed E-state index contributed by atoms with van der Waals surface area (Å²) in [6.45, 7) is 1.98. The lowest BCUT2D eigenvalue weighted by atomic mass is 9.97. The highest BCUT2D eigenvalue weighted by Crippen LogP contribution is 2.35. The first kappa shape index (κ1) is 21.0. The van der Waals surface area contributed by atoms with E-state index in [-0.39, 0.29) is 17.6 Å². The number of sulfonamides is 1. The molecular formula is C23H28N2O4S. The number of nitrogens with one attached hydrogen (secondary N) is 1. The molecule has 1 aliphatic heterocycles. The molecule has 1 N–H and O–H groups in total. The van der Waals surface area contributed by atoms with Crippen LogP contribution in [0, 0.1) is 0 Å². The molecule has 0 radical (unpaired) electrons. The second-order valence-electron chi connectivity index (χ2n) is 7.95. The van der Waals surface area contributed by atoms with Crippen LogP contribution in [-0.4, -0.2) is 44.9 Å². The normalized spacial score (nSPS) is 19.4. The highest BCUT2D eigenvalue weighted by molar-refractivity contribution is 7.88. The van der Waals surface area contributed by atoms with Crippen LogP contribution in [0.3, 0.4) is 0 Å². The van der Waals surface area contributed by atoms with Crippen LogP contribution in [0.4, 0.5) is 0 Å². The molecule has 2 aromatic carbocycles. The Labute approximate surface area is 178 Å². The van der Waals surface area contributed by atoms with Crippen LogP contribution in [0.15, 0.2) is 48.5 Å². The number of ether oxygens (including phenoxy) is 1. The van der Waals surface area contributed by atoms with E-state index in [1.165, 1.54) is 15.4 Å². The van der Waals surface area contributed by atoms with Crippen molar-refractivity contribution in [3.05, 3.63) is 70.8 Å². The van der Waals surface area contributed by atoms with E-state index in [0.717, 1.165) is 24.0 Å². The first-order valence-corrected chi connectivity index (χ1v) is 12.1. The van der Waals surface area contributed by atoms with Crippen molar-refractivity contribution in [3.63, 3.8) is 0 Å². The van der Waals surface area contributed by atoms with Gasteiger partial charge < -0.3 is 10.1 Å². The molecular weight excluding hydrogens is 400 g/mol. The molecule has 1 unspecified atom stereocenters. The lowest BCUT2D eigenvalue weighted by molar-refractivity contribution is -0.121. The Morgan fingerprint density at radius 3 is 2.53 bits per heavy atom. The zero-order chi connectivity index (χ0) is 21.0. The van der Waals surface area contributed by atoms with Gasteiger partial charge in [-0.25, -0.2) is 8.42 Å². The fraction of sp³-hybridized carbons (Fsp3) is 0.435. The SMILES string of the molecule is O=C(CC1CCc2ccccc21)NCc1ccccc1CS(=O)(=O)N1CCOCC1. The number of amides is 1. The van der Waals surface area contributed by atoms with Crippen LogP contribution >= 0.6 is 0 Å². The third kappa shape index (κ3) is 4.91. The maximum Gasteiger partial charge on any atom is 0.220 e. The summed E-state index contributed by atoms with van der Waals surface area (Å²) >= 11 is 0. The third-order valence-corrected chi connectivity index (χ3v) is 7.81. The van der Waals surface area contributed by atoms with Crippen LogP contribution in [0.1, 0.15) is 41.0 Å². The molecule has 1 atom stereocenters. The lowest BCUT2D eigenvalue weighted by Crippen LogP contribution is -2.41. The second kappa shape index (κ2) is 9.29. The van der Waals surface area contributed by atoms with Gasteiger partial charge in [-0.2, -0.15) is 4.31 Å². The fourth-order valence-electron chi connectivity index (χ4n) is 4.33. The first-order chi connectivity index (χ1) is 14.5. The molecule has 7 heteroatoms. The van der Waals surface area contributed by atoms with Crippen molar-refractivity contribution in [2.24, 2.45) is 0 Å². The standard InChI is InChI=1S/C23H28N2O4S/c26-23(15-19-10-9-18-5-3-4-8-22(18)19)24-16-20-6-1-2-7-21(20)17-30(27,28)25-11-13-29-14-12-25/h1-8,19H,9-17H2,(H,24,26). The molecule has 0 bridgehead atoms. The number of nitrogens with zero attached hydrogens (tertiary/aromatic N) is 1. The zero-order valence-corrected chi connectivity index (χ0v) is 17.9. The predicted octanol–water partition coefficient (Wildman–Crippen LogP) is 2.58. The maximum atomic E-state index is 12.8. The molecule has 160 valence electrons.